The van der Waals surface area contributed by atoms with Crippen molar-refractivity contribution in [2.24, 2.45) is 5.10 Å². The van der Waals surface area contributed by atoms with Crippen molar-refractivity contribution < 1.29 is 14.6 Å². The van der Waals surface area contributed by atoms with Crippen molar-refractivity contribution >= 4 is 28.9 Å². The Hall–Kier alpha value is -2.53. The van der Waals surface area contributed by atoms with Crippen LogP contribution in [0.15, 0.2) is 47.6 Å². The van der Waals surface area contributed by atoms with Crippen molar-refractivity contribution in [1.29, 1.82) is 0 Å². The van der Waals surface area contributed by atoms with Gasteiger partial charge in [-0.2, -0.15) is 5.10 Å². The van der Waals surface area contributed by atoms with Crippen molar-refractivity contribution in [3.8, 4) is 11.5 Å². The highest BCUT2D eigenvalue weighted by molar-refractivity contribution is 6.30. The maximum Gasteiger partial charge on any atom is 0.253 e. The number of benzene rings is 2. The number of nitrogens with zero attached hydrogens (tertiary/aromatic N) is 2. The Kier molecular flexibility index (Phi) is 3.73. The van der Waals surface area contributed by atoms with Gasteiger partial charge in [0.05, 0.1) is 24.9 Å². The van der Waals surface area contributed by atoms with Crippen LogP contribution in [-0.2, 0) is 4.79 Å². The number of phenols is 1. The molecule has 3 rings (SSSR count). The number of anilines is 1. The van der Waals surface area contributed by atoms with Crippen LogP contribution in [0.2, 0.25) is 5.02 Å². The summed E-state index contributed by atoms with van der Waals surface area (Å²) in [5.41, 5.74) is 1.62. The summed E-state index contributed by atoms with van der Waals surface area (Å²) in [5.74, 6) is 0.484. The Morgan fingerprint density at radius 1 is 1.23 bits per heavy atom. The summed E-state index contributed by atoms with van der Waals surface area (Å²) < 4.78 is 5.14. The second kappa shape index (κ2) is 5.69. The number of rotatable bonds is 3. The van der Waals surface area contributed by atoms with E-state index in [-0.39, 0.29) is 18.1 Å². The van der Waals surface area contributed by atoms with E-state index in [1.807, 2.05) is 0 Å². The molecule has 1 amide bonds. The number of hydrogen-bond acceptors (Lipinski definition) is 4. The third-order valence-corrected chi connectivity index (χ3v) is 3.61. The van der Waals surface area contributed by atoms with Crippen LogP contribution < -0.4 is 9.75 Å². The van der Waals surface area contributed by atoms with Crippen LogP contribution in [-0.4, -0.2) is 23.8 Å². The molecule has 1 heterocycles. The second-order valence-corrected chi connectivity index (χ2v) is 5.22. The van der Waals surface area contributed by atoms with Gasteiger partial charge in [0.15, 0.2) is 0 Å². The molecule has 0 aromatic heterocycles. The normalized spacial score (nSPS) is 14.2. The highest BCUT2D eigenvalue weighted by atomic mass is 35.5. The number of hydrogen-bond donors (Lipinski definition) is 1. The van der Waals surface area contributed by atoms with Crippen LogP contribution in [0.3, 0.4) is 0 Å². The van der Waals surface area contributed by atoms with Crippen molar-refractivity contribution in [3.63, 3.8) is 0 Å². The number of amides is 1. The SMILES string of the molecule is COc1ccc(O)c(C2=NN(c3ccc(Cl)cc3)C(=O)C2)c1. The molecule has 112 valence electrons. The molecule has 0 radical (unpaired) electrons. The van der Waals surface area contributed by atoms with Crippen LogP contribution in [0.5, 0.6) is 11.5 Å². The Morgan fingerprint density at radius 2 is 1.95 bits per heavy atom. The molecule has 0 spiro atoms. The molecule has 0 saturated heterocycles. The average molecular weight is 317 g/mol. The maximum atomic E-state index is 12.2. The zero-order valence-corrected chi connectivity index (χ0v) is 12.5. The number of ether oxygens (including phenoxy) is 1. The fourth-order valence-corrected chi connectivity index (χ4v) is 2.36. The number of aromatic hydroxyl groups is 1. The van der Waals surface area contributed by atoms with E-state index in [0.717, 1.165) is 0 Å². The lowest BCUT2D eigenvalue weighted by Crippen LogP contribution is -2.19. The van der Waals surface area contributed by atoms with E-state index in [2.05, 4.69) is 5.10 Å². The Bertz CT molecular complexity index is 756. The monoisotopic (exact) mass is 316 g/mol. The van der Waals surface area contributed by atoms with Gasteiger partial charge in [-0.15, -0.1) is 0 Å². The number of phenolic OH excluding ortho intramolecular Hbond substituents is 1. The molecule has 22 heavy (non-hydrogen) atoms. The minimum atomic E-state index is -0.167. The Balaban J connectivity index is 1.98. The fourth-order valence-electron chi connectivity index (χ4n) is 2.24. The molecular formula is C16H13ClN2O3. The molecular weight excluding hydrogens is 304 g/mol. The first kappa shape index (κ1) is 14.4. The van der Waals surface area contributed by atoms with Crippen LogP contribution in [0, 0.1) is 0 Å². The van der Waals surface area contributed by atoms with E-state index in [1.54, 1.807) is 36.4 Å². The van der Waals surface area contributed by atoms with E-state index in [4.69, 9.17) is 16.3 Å². The average Bonchev–Trinajstić information content (AvgIpc) is 2.90. The lowest BCUT2D eigenvalue weighted by atomic mass is 10.1. The molecule has 0 aliphatic carbocycles. The molecule has 2 aromatic rings. The highest BCUT2D eigenvalue weighted by Crippen LogP contribution is 2.29. The summed E-state index contributed by atoms with van der Waals surface area (Å²) >= 11 is 5.85. The topological polar surface area (TPSA) is 62.1 Å². The largest absolute Gasteiger partial charge is 0.507 e. The summed E-state index contributed by atoms with van der Waals surface area (Å²) in [6, 6.07) is 11.7. The van der Waals surface area contributed by atoms with Crippen molar-refractivity contribution in [2.75, 3.05) is 12.1 Å². The van der Waals surface area contributed by atoms with E-state index in [9.17, 15) is 9.90 Å². The Labute approximate surface area is 132 Å². The molecule has 0 bridgehead atoms. The molecule has 0 unspecified atom stereocenters. The molecule has 0 saturated carbocycles. The van der Waals surface area contributed by atoms with Crippen LogP contribution >= 0.6 is 11.6 Å². The number of halogens is 1. The third kappa shape index (κ3) is 2.63. The maximum absolute atomic E-state index is 12.2. The van der Waals surface area contributed by atoms with Crippen molar-refractivity contribution in [1.82, 2.24) is 0 Å². The third-order valence-electron chi connectivity index (χ3n) is 3.36. The molecule has 5 nitrogen and oxygen atoms in total. The smallest absolute Gasteiger partial charge is 0.253 e. The molecule has 0 atom stereocenters. The van der Waals surface area contributed by atoms with Gasteiger partial charge in [-0.25, -0.2) is 5.01 Å². The van der Waals surface area contributed by atoms with Gasteiger partial charge < -0.3 is 9.84 Å². The van der Waals surface area contributed by atoms with Gasteiger partial charge in [0.2, 0.25) is 0 Å². The minimum Gasteiger partial charge on any atom is -0.507 e. The first-order chi connectivity index (χ1) is 10.6. The summed E-state index contributed by atoms with van der Waals surface area (Å²) in [7, 11) is 1.54. The first-order valence-electron chi connectivity index (χ1n) is 6.62. The quantitative estimate of drug-likeness (QED) is 0.946. The number of methoxy groups -OCH3 is 1. The van der Waals surface area contributed by atoms with Gasteiger partial charge >= 0.3 is 0 Å². The van der Waals surface area contributed by atoms with E-state index >= 15 is 0 Å². The number of hydrazone groups is 1. The summed E-state index contributed by atoms with van der Waals surface area (Å²) in [6.07, 6.45) is 0.114. The summed E-state index contributed by atoms with van der Waals surface area (Å²) in [4.78, 5) is 12.2. The van der Waals surface area contributed by atoms with Gasteiger partial charge in [-0.3, -0.25) is 4.79 Å². The fraction of sp³-hybridized carbons (Fsp3) is 0.125. The van der Waals surface area contributed by atoms with Gasteiger partial charge in [0, 0.05) is 10.6 Å². The lowest BCUT2D eigenvalue weighted by Gasteiger charge is -2.11. The minimum absolute atomic E-state index is 0.0605. The summed E-state index contributed by atoms with van der Waals surface area (Å²) in [5, 5.41) is 16.2. The van der Waals surface area contributed by atoms with E-state index in [1.165, 1.54) is 18.2 Å². The highest BCUT2D eigenvalue weighted by Gasteiger charge is 2.27. The van der Waals surface area contributed by atoms with Gasteiger partial charge in [0.1, 0.15) is 11.5 Å². The molecule has 6 heteroatoms. The lowest BCUT2D eigenvalue weighted by molar-refractivity contribution is -0.116. The van der Waals surface area contributed by atoms with Crippen LogP contribution in [0.4, 0.5) is 5.69 Å². The number of carbonyl (C=O) groups is 1. The molecule has 2 aromatic carbocycles. The molecule has 1 aliphatic rings. The van der Waals surface area contributed by atoms with Crippen molar-refractivity contribution in [2.45, 2.75) is 6.42 Å². The zero-order valence-electron chi connectivity index (χ0n) is 11.8. The second-order valence-electron chi connectivity index (χ2n) is 4.79. The molecule has 0 fully saturated rings. The standard InChI is InChI=1S/C16H13ClN2O3/c1-22-12-6-7-15(20)13(8-12)14-9-16(21)19(18-14)11-4-2-10(17)3-5-11/h2-8,20H,9H2,1H3. The first-order valence-corrected chi connectivity index (χ1v) is 6.99. The number of carbonyl (C=O) groups excluding carboxylic acids is 1. The van der Waals surface area contributed by atoms with E-state index in [0.29, 0.717) is 27.7 Å². The predicted molar refractivity (Wildman–Crippen MR) is 84.8 cm³/mol. The summed E-state index contributed by atoms with van der Waals surface area (Å²) in [6.45, 7) is 0. The van der Waals surface area contributed by atoms with Crippen LogP contribution in [0.25, 0.3) is 0 Å². The van der Waals surface area contributed by atoms with Crippen LogP contribution in [0.1, 0.15) is 12.0 Å². The molecule has 1 N–H and O–H groups in total. The molecule has 1 aliphatic heterocycles. The van der Waals surface area contributed by atoms with Gasteiger partial charge in [-0.1, -0.05) is 11.6 Å². The van der Waals surface area contributed by atoms with Gasteiger partial charge in [-0.05, 0) is 42.5 Å². The van der Waals surface area contributed by atoms with Gasteiger partial charge in [0.25, 0.3) is 5.91 Å². The van der Waals surface area contributed by atoms with Crippen molar-refractivity contribution in [3.05, 3.63) is 53.1 Å². The van der Waals surface area contributed by atoms with E-state index < -0.39 is 0 Å². The predicted octanol–water partition coefficient (Wildman–Crippen LogP) is 3.20. The zero-order chi connectivity index (χ0) is 15.7. The Morgan fingerprint density at radius 3 is 2.64 bits per heavy atom.